The molecule has 5 heterocycles. The number of aryl methyl sites for hydroxylation is 1. The molecule has 4 aliphatic rings. The predicted octanol–water partition coefficient (Wildman–Crippen LogP) is 5.78. The van der Waals surface area contributed by atoms with Gasteiger partial charge < -0.3 is 40.3 Å². The largest absolute Gasteiger partial charge is 0.489 e. The lowest BCUT2D eigenvalue weighted by Gasteiger charge is -2.63. The first-order valence-corrected chi connectivity index (χ1v) is 28.5. The molecule has 3 saturated heterocycles. The summed E-state index contributed by atoms with van der Waals surface area (Å²) in [6, 6.07) is 16.6. The van der Waals surface area contributed by atoms with Crippen LogP contribution >= 0.6 is 22.9 Å². The van der Waals surface area contributed by atoms with Gasteiger partial charge in [-0.05, 0) is 54.7 Å². The monoisotopic (exact) mass is 1110 g/mol. The zero-order chi connectivity index (χ0) is 56.1. The highest BCUT2D eigenvalue weighted by molar-refractivity contribution is 7.13. The number of hydrogen-bond acceptors (Lipinski definition) is 15. The molecule has 4 fully saturated rings. The number of piperazine rings is 2. The molecule has 4 N–H and O–H groups in total. The number of nitrogens with one attached hydrogen (secondary N) is 3. The topological polar surface area (TPSA) is 209 Å². The highest BCUT2D eigenvalue weighted by Crippen LogP contribution is 2.55. The van der Waals surface area contributed by atoms with Crippen molar-refractivity contribution in [2.75, 3.05) is 96.7 Å². The number of aliphatic hydroxyl groups excluding tert-OH is 1. The number of likely N-dealkylation sites (tertiary alicyclic amines) is 1. The maximum absolute atomic E-state index is 14.3. The first-order chi connectivity index (χ1) is 37.0. The van der Waals surface area contributed by atoms with Crippen LogP contribution in [-0.2, 0) is 19.1 Å². The molecule has 0 unspecified atom stereocenters. The molecule has 2 aromatic carbocycles. The van der Waals surface area contributed by atoms with Gasteiger partial charge in [0.05, 0.1) is 64.1 Å². The van der Waals surface area contributed by atoms with Gasteiger partial charge in [-0.3, -0.25) is 33.9 Å². The molecule has 20 heteroatoms. The lowest BCUT2D eigenvalue weighted by Crippen LogP contribution is -2.74. The van der Waals surface area contributed by atoms with Crippen LogP contribution in [0, 0.1) is 34.5 Å². The number of rotatable bonds is 19. The average Bonchev–Trinajstić information content (AvgIpc) is 4.06. The van der Waals surface area contributed by atoms with Gasteiger partial charge in [0.25, 0.3) is 5.91 Å². The minimum Gasteiger partial charge on any atom is -0.489 e. The van der Waals surface area contributed by atoms with E-state index >= 15 is 0 Å². The van der Waals surface area contributed by atoms with Crippen LogP contribution in [-0.4, -0.2) is 180 Å². The Bertz CT molecular complexity index is 2770. The number of nitrogens with zero attached hydrogens (tertiary/aromatic N) is 8. The number of aliphatic hydroxyl groups is 1. The Balaban J connectivity index is 0.702. The summed E-state index contributed by atoms with van der Waals surface area (Å²) in [5.41, 5.74) is 4.25. The fourth-order valence-corrected chi connectivity index (χ4v) is 12.8. The third kappa shape index (κ3) is 13.6. The van der Waals surface area contributed by atoms with Crippen molar-refractivity contribution in [1.82, 2.24) is 45.5 Å². The summed E-state index contributed by atoms with van der Waals surface area (Å²) in [6.45, 7) is 27.3. The summed E-state index contributed by atoms with van der Waals surface area (Å²) in [4.78, 5) is 75.7. The zero-order valence-electron chi connectivity index (χ0n) is 46.7. The number of halogens is 1. The molecule has 18 nitrogen and oxygen atoms in total. The van der Waals surface area contributed by atoms with Gasteiger partial charge in [0, 0.05) is 108 Å². The lowest BCUT2D eigenvalue weighted by atomic mass is 9.49. The number of aromatic nitrogens is 2. The number of amides is 4. The average molecular weight is 1110 g/mol. The van der Waals surface area contributed by atoms with Crippen molar-refractivity contribution in [3.63, 3.8) is 0 Å². The molecule has 1 aliphatic carbocycles. The second-order valence-corrected chi connectivity index (χ2v) is 24.9. The van der Waals surface area contributed by atoms with Crippen molar-refractivity contribution in [3.8, 4) is 22.3 Å². The van der Waals surface area contributed by atoms with E-state index in [1.807, 2.05) is 76.5 Å². The molecule has 1 saturated carbocycles. The van der Waals surface area contributed by atoms with Crippen molar-refractivity contribution in [1.29, 1.82) is 5.26 Å². The highest BCUT2D eigenvalue weighted by Gasteiger charge is 2.64. The molecule has 4 amide bonds. The van der Waals surface area contributed by atoms with E-state index in [-0.39, 0.29) is 72.2 Å². The maximum atomic E-state index is 14.3. The molecular weight excluding hydrogens is 1030 g/mol. The quantitative estimate of drug-likeness (QED) is 0.0822. The minimum atomic E-state index is -0.898. The molecular formula is C58H78ClN11O7S. The Labute approximate surface area is 468 Å². The Morgan fingerprint density at radius 2 is 1.53 bits per heavy atom. The molecule has 8 rings (SSSR count). The number of ether oxygens (including phenoxy) is 2. The number of nitriles is 1. The third-order valence-electron chi connectivity index (χ3n) is 16.1. The van der Waals surface area contributed by atoms with Crippen LogP contribution in [0.1, 0.15) is 95.0 Å². The van der Waals surface area contributed by atoms with E-state index in [1.165, 1.54) is 4.90 Å². The standard InChI is InChI=1S/C58H78ClN11O7S/c1-37(39-10-12-40(13-11-39)49-38(2)62-36-78-49)63-52(74)46-30-43(71)34-70(46)53(75)50(56(3,4)5)64-48(72)35-68-20-18-66(19-21-68)26-28-76-29-27-67-22-24-69(25-23-67)47-17-15-42(33-61-47)51(73)65-54-57(6,7)55(58(54,8)9)77-44-16-14-41(32-60)45(59)31-44/h10-17,31,33,36-37,43,46,50,54-55,71H,18-30,34-35H2,1-9H3,(H,63,74)(H,64,72)(H,65,73)/t37-,43+,46-,50+,54?,55?/m0/s1. The van der Waals surface area contributed by atoms with Gasteiger partial charge in [-0.15, -0.1) is 11.3 Å². The van der Waals surface area contributed by atoms with Gasteiger partial charge >= 0.3 is 0 Å². The fourth-order valence-electron chi connectivity index (χ4n) is 11.8. The van der Waals surface area contributed by atoms with Crippen molar-refractivity contribution in [3.05, 3.63) is 93.7 Å². The maximum Gasteiger partial charge on any atom is 0.253 e. The first-order valence-electron chi connectivity index (χ1n) is 27.2. The van der Waals surface area contributed by atoms with Crippen LogP contribution in [0.15, 0.2) is 66.3 Å². The van der Waals surface area contributed by atoms with Crippen LogP contribution in [0.2, 0.25) is 5.02 Å². The second-order valence-electron chi connectivity index (χ2n) is 23.6. The fraction of sp³-hybridized carbons (Fsp3) is 0.569. The van der Waals surface area contributed by atoms with E-state index in [2.05, 4.69) is 79.3 Å². The van der Waals surface area contributed by atoms with Gasteiger partial charge in [-0.2, -0.15) is 5.26 Å². The Kier molecular flexibility index (Phi) is 18.5. The summed E-state index contributed by atoms with van der Waals surface area (Å²) in [5, 5.41) is 29.6. The van der Waals surface area contributed by atoms with Crippen LogP contribution < -0.4 is 25.6 Å². The number of benzene rings is 2. The third-order valence-corrected chi connectivity index (χ3v) is 17.4. The van der Waals surface area contributed by atoms with Gasteiger partial charge in [-0.1, -0.05) is 84.3 Å². The second kappa shape index (κ2) is 24.7. The summed E-state index contributed by atoms with van der Waals surface area (Å²) in [5.74, 6) is 0.271. The zero-order valence-corrected chi connectivity index (χ0v) is 48.3. The number of pyridine rings is 1. The van der Waals surface area contributed by atoms with E-state index in [0.717, 1.165) is 79.9 Å². The minimum absolute atomic E-state index is 0.0124. The Morgan fingerprint density at radius 1 is 0.885 bits per heavy atom. The lowest BCUT2D eigenvalue weighted by molar-refractivity contribution is -0.164. The molecule has 2 aromatic heterocycles. The van der Waals surface area contributed by atoms with Crippen molar-refractivity contribution in [2.24, 2.45) is 16.2 Å². The van der Waals surface area contributed by atoms with Crippen LogP contribution in [0.3, 0.4) is 0 Å². The van der Waals surface area contributed by atoms with Crippen LogP contribution in [0.25, 0.3) is 10.4 Å². The summed E-state index contributed by atoms with van der Waals surface area (Å²) in [6.07, 6.45) is 0.709. The number of anilines is 1. The molecule has 4 atom stereocenters. The van der Waals surface area contributed by atoms with Crippen molar-refractivity contribution >= 4 is 52.4 Å². The first kappa shape index (κ1) is 58.4. The SMILES string of the molecule is Cc1ncsc1-c1ccc([C@H](C)NC(=O)[C@@H]2C[C@@H](O)CN2C(=O)[C@@H](NC(=O)CN2CCN(CCOCCN3CCN(c4ccc(C(=O)NC5C(C)(C)C(Oc6ccc(C#N)c(Cl)c6)C5(C)C)cn4)CC3)CC2)C(C)(C)C)cc1. The van der Waals surface area contributed by atoms with Gasteiger partial charge in [0.2, 0.25) is 17.7 Å². The molecule has 3 aliphatic heterocycles. The predicted molar refractivity (Wildman–Crippen MR) is 302 cm³/mol. The van der Waals surface area contributed by atoms with E-state index < -0.39 is 23.6 Å². The number of β-amino-alcohol motifs (C(OH)–C–C–N with tert-alkyl or cyclic N) is 1. The van der Waals surface area contributed by atoms with E-state index in [9.17, 15) is 29.5 Å². The Hall–Kier alpha value is -5.72. The molecule has 78 heavy (non-hydrogen) atoms. The van der Waals surface area contributed by atoms with E-state index in [1.54, 1.807) is 35.7 Å². The van der Waals surface area contributed by atoms with Crippen LogP contribution in [0.5, 0.6) is 5.75 Å². The van der Waals surface area contributed by atoms with Crippen molar-refractivity contribution in [2.45, 2.75) is 105 Å². The number of hydrogen-bond donors (Lipinski definition) is 4. The highest BCUT2D eigenvalue weighted by atomic mass is 35.5. The number of carbonyl (C=O) groups excluding carboxylic acids is 4. The molecule has 420 valence electrons. The normalized spacial score (nSPS) is 22.4. The molecule has 0 spiro atoms. The molecule has 0 bridgehead atoms. The van der Waals surface area contributed by atoms with E-state index in [4.69, 9.17) is 21.1 Å². The van der Waals surface area contributed by atoms with Crippen LogP contribution in [0.4, 0.5) is 5.82 Å². The smallest absolute Gasteiger partial charge is 0.253 e. The van der Waals surface area contributed by atoms with Crippen molar-refractivity contribution < 1.29 is 33.8 Å². The molecule has 0 radical (unpaired) electrons. The number of thiazole rings is 1. The van der Waals surface area contributed by atoms with E-state index in [0.29, 0.717) is 48.2 Å². The summed E-state index contributed by atoms with van der Waals surface area (Å²) < 4.78 is 12.5. The Morgan fingerprint density at radius 3 is 2.10 bits per heavy atom. The molecule has 4 aromatic rings. The van der Waals surface area contributed by atoms with Gasteiger partial charge in [-0.25, -0.2) is 9.97 Å². The summed E-state index contributed by atoms with van der Waals surface area (Å²) >= 11 is 7.85. The van der Waals surface area contributed by atoms with Gasteiger partial charge in [0.1, 0.15) is 35.8 Å². The van der Waals surface area contributed by atoms with Gasteiger partial charge in [0.15, 0.2) is 0 Å². The summed E-state index contributed by atoms with van der Waals surface area (Å²) in [7, 11) is 0. The number of carbonyl (C=O) groups is 4.